The van der Waals surface area contributed by atoms with Crippen LogP contribution < -0.4 is 19.7 Å². The first-order valence-corrected chi connectivity index (χ1v) is 12.1. The number of rotatable bonds is 4. The smallest absolute Gasteiger partial charge is 0.231 e. The number of thiocarbonyl (C=S) groups is 1. The average molecular weight is 503 g/mol. The number of aromatic nitrogens is 2. The highest BCUT2D eigenvalue weighted by Gasteiger charge is 2.42. The number of pyridine rings is 1. The third-order valence-corrected chi connectivity index (χ3v) is 7.17. The van der Waals surface area contributed by atoms with E-state index in [1.54, 1.807) is 0 Å². The number of nitrogens with zero attached hydrogens (tertiary/aromatic N) is 3. The summed E-state index contributed by atoms with van der Waals surface area (Å²) in [4.78, 5) is 6.83. The van der Waals surface area contributed by atoms with Crippen molar-refractivity contribution in [2.45, 2.75) is 25.9 Å². The molecule has 2 atom stereocenters. The predicted octanol–water partition coefficient (Wildman–Crippen LogP) is 6.05. The fraction of sp³-hybridized carbons (Fsp3) is 0.185. The van der Waals surface area contributed by atoms with E-state index in [4.69, 9.17) is 33.3 Å². The maximum atomic E-state index is 6.15. The zero-order valence-electron chi connectivity index (χ0n) is 19.2. The van der Waals surface area contributed by atoms with Gasteiger partial charge in [-0.1, -0.05) is 17.7 Å². The SMILES string of the molecule is Cc1cc([C@@H]2[C@H](c3ccccn3)NC(=S)N2c2ccc3c(c2)OCO3)c(C)n1-c1ccc(Cl)cc1. The van der Waals surface area contributed by atoms with Crippen molar-refractivity contribution in [2.75, 3.05) is 11.7 Å². The summed E-state index contributed by atoms with van der Waals surface area (Å²) in [5.41, 5.74) is 6.35. The molecule has 0 unspecified atom stereocenters. The van der Waals surface area contributed by atoms with Crippen LogP contribution in [0, 0.1) is 13.8 Å². The van der Waals surface area contributed by atoms with Crippen molar-refractivity contribution < 1.29 is 9.47 Å². The molecule has 0 bridgehead atoms. The molecule has 2 aromatic carbocycles. The van der Waals surface area contributed by atoms with E-state index in [2.05, 4.69) is 39.7 Å². The normalized spacial score (nSPS) is 18.7. The molecule has 2 aromatic heterocycles. The van der Waals surface area contributed by atoms with E-state index in [-0.39, 0.29) is 18.9 Å². The number of halogens is 1. The minimum absolute atomic E-state index is 0.120. The number of hydrogen-bond acceptors (Lipinski definition) is 4. The van der Waals surface area contributed by atoms with Gasteiger partial charge >= 0.3 is 0 Å². The third-order valence-electron chi connectivity index (χ3n) is 6.61. The first-order chi connectivity index (χ1) is 17.0. The topological polar surface area (TPSA) is 51.6 Å². The van der Waals surface area contributed by atoms with Gasteiger partial charge in [0.15, 0.2) is 16.6 Å². The number of ether oxygens (including phenoxy) is 2. The van der Waals surface area contributed by atoms with Crippen LogP contribution in [0.15, 0.2) is 72.9 Å². The molecule has 0 radical (unpaired) electrons. The zero-order chi connectivity index (χ0) is 24.1. The summed E-state index contributed by atoms with van der Waals surface area (Å²) >= 11 is 12.0. The highest BCUT2D eigenvalue weighted by molar-refractivity contribution is 7.80. The summed E-state index contributed by atoms with van der Waals surface area (Å²) in [6.07, 6.45) is 1.82. The summed E-state index contributed by atoms with van der Waals surface area (Å²) in [6.45, 7) is 4.49. The molecule has 1 saturated heterocycles. The van der Waals surface area contributed by atoms with Crippen molar-refractivity contribution in [2.24, 2.45) is 0 Å². The van der Waals surface area contributed by atoms with Crippen LogP contribution >= 0.6 is 23.8 Å². The number of anilines is 1. The Balaban J connectivity index is 1.51. The van der Waals surface area contributed by atoms with E-state index in [9.17, 15) is 0 Å². The Morgan fingerprint density at radius 1 is 0.971 bits per heavy atom. The Labute approximate surface area is 214 Å². The van der Waals surface area contributed by atoms with E-state index in [0.717, 1.165) is 45.5 Å². The molecular weight excluding hydrogens is 480 g/mol. The zero-order valence-corrected chi connectivity index (χ0v) is 20.8. The van der Waals surface area contributed by atoms with Crippen LogP contribution in [-0.4, -0.2) is 21.5 Å². The Morgan fingerprint density at radius 3 is 2.51 bits per heavy atom. The quantitative estimate of drug-likeness (QED) is 0.343. The molecule has 6 rings (SSSR count). The van der Waals surface area contributed by atoms with Crippen LogP contribution in [0.4, 0.5) is 5.69 Å². The van der Waals surface area contributed by atoms with Gasteiger partial charge in [-0.3, -0.25) is 4.98 Å². The van der Waals surface area contributed by atoms with Crippen molar-refractivity contribution in [1.82, 2.24) is 14.9 Å². The van der Waals surface area contributed by atoms with Crippen LogP contribution in [0.5, 0.6) is 11.5 Å². The van der Waals surface area contributed by atoms with Crippen LogP contribution in [0.3, 0.4) is 0 Å². The van der Waals surface area contributed by atoms with Crippen LogP contribution in [0.25, 0.3) is 5.69 Å². The Hall–Kier alpha value is -3.55. The van der Waals surface area contributed by atoms with E-state index in [0.29, 0.717) is 10.1 Å². The van der Waals surface area contributed by atoms with Crippen molar-refractivity contribution in [1.29, 1.82) is 0 Å². The second-order valence-corrected chi connectivity index (χ2v) is 9.50. The molecule has 2 aliphatic heterocycles. The van der Waals surface area contributed by atoms with Gasteiger partial charge in [0.1, 0.15) is 0 Å². The van der Waals surface area contributed by atoms with Gasteiger partial charge in [-0.2, -0.15) is 0 Å². The largest absolute Gasteiger partial charge is 0.454 e. The monoisotopic (exact) mass is 502 g/mol. The maximum Gasteiger partial charge on any atom is 0.231 e. The first kappa shape index (κ1) is 21.9. The fourth-order valence-corrected chi connectivity index (χ4v) is 5.53. The van der Waals surface area contributed by atoms with Crippen molar-refractivity contribution in [3.63, 3.8) is 0 Å². The van der Waals surface area contributed by atoms with E-state index < -0.39 is 0 Å². The lowest BCUT2D eigenvalue weighted by atomic mass is 9.96. The number of hydrogen-bond donors (Lipinski definition) is 1. The van der Waals surface area contributed by atoms with E-state index in [1.807, 2.05) is 66.9 Å². The first-order valence-electron chi connectivity index (χ1n) is 11.4. The van der Waals surface area contributed by atoms with Gasteiger partial charge in [-0.15, -0.1) is 0 Å². The highest BCUT2D eigenvalue weighted by Crippen LogP contribution is 2.46. The molecule has 0 spiro atoms. The fourth-order valence-electron chi connectivity index (χ4n) is 5.06. The Morgan fingerprint density at radius 2 is 1.74 bits per heavy atom. The van der Waals surface area contributed by atoms with Gasteiger partial charge < -0.3 is 24.3 Å². The third kappa shape index (κ3) is 3.72. The van der Waals surface area contributed by atoms with Gasteiger partial charge in [0.2, 0.25) is 6.79 Å². The van der Waals surface area contributed by atoms with Crippen LogP contribution in [0.2, 0.25) is 5.02 Å². The minimum atomic E-state index is -0.131. The Bertz CT molecular complexity index is 1420. The molecule has 8 heteroatoms. The molecule has 176 valence electrons. The number of benzene rings is 2. The summed E-state index contributed by atoms with van der Waals surface area (Å²) in [5, 5.41) is 4.89. The maximum absolute atomic E-state index is 6.15. The van der Waals surface area contributed by atoms with E-state index in [1.165, 1.54) is 0 Å². The molecular formula is C27H23ClN4O2S. The van der Waals surface area contributed by atoms with Crippen molar-refractivity contribution in [3.8, 4) is 17.2 Å². The predicted molar refractivity (Wildman–Crippen MR) is 141 cm³/mol. The molecule has 1 fully saturated rings. The van der Waals surface area contributed by atoms with E-state index >= 15 is 0 Å². The molecule has 0 amide bonds. The molecule has 1 N–H and O–H groups in total. The van der Waals surface area contributed by atoms with Gasteiger partial charge in [0, 0.05) is 40.0 Å². The molecule has 0 aliphatic carbocycles. The van der Waals surface area contributed by atoms with Gasteiger partial charge in [0.05, 0.1) is 17.8 Å². The molecule has 35 heavy (non-hydrogen) atoms. The number of nitrogens with one attached hydrogen (secondary N) is 1. The van der Waals surface area contributed by atoms with Gasteiger partial charge in [0.25, 0.3) is 0 Å². The minimum Gasteiger partial charge on any atom is -0.454 e. The average Bonchev–Trinajstić information content (AvgIpc) is 3.55. The number of fused-ring (bicyclic) bond motifs is 1. The molecule has 6 nitrogen and oxygen atoms in total. The molecule has 4 aromatic rings. The highest BCUT2D eigenvalue weighted by atomic mass is 35.5. The second kappa shape index (κ2) is 8.59. The lowest BCUT2D eigenvalue weighted by Gasteiger charge is -2.28. The van der Waals surface area contributed by atoms with Crippen LogP contribution in [0.1, 0.15) is 34.7 Å². The Kier molecular flexibility index (Phi) is 5.39. The number of aryl methyl sites for hydroxylation is 1. The van der Waals surface area contributed by atoms with Crippen LogP contribution in [-0.2, 0) is 0 Å². The summed E-state index contributed by atoms with van der Waals surface area (Å²) < 4.78 is 13.4. The van der Waals surface area contributed by atoms with Gasteiger partial charge in [-0.25, -0.2) is 0 Å². The van der Waals surface area contributed by atoms with Crippen molar-refractivity contribution >= 4 is 34.6 Å². The second-order valence-electron chi connectivity index (χ2n) is 8.67. The molecule has 4 heterocycles. The summed E-state index contributed by atoms with van der Waals surface area (Å²) in [6, 6.07) is 21.8. The molecule has 0 saturated carbocycles. The molecule has 2 aliphatic rings. The van der Waals surface area contributed by atoms with Crippen molar-refractivity contribution in [3.05, 3.63) is 101 Å². The summed E-state index contributed by atoms with van der Waals surface area (Å²) in [5.74, 6) is 1.46. The lowest BCUT2D eigenvalue weighted by molar-refractivity contribution is 0.174. The van der Waals surface area contributed by atoms with Gasteiger partial charge in [-0.05, 0) is 86.2 Å². The summed E-state index contributed by atoms with van der Waals surface area (Å²) in [7, 11) is 0. The standard InChI is InChI=1S/C27H23ClN4O2S/c1-16-13-21(17(2)31(16)19-8-6-18(28)7-9-19)26-25(22-5-3-4-12-29-22)30-27(35)32(26)20-10-11-23-24(14-20)34-15-33-23/h3-14,25-26H,15H2,1-2H3,(H,30,35)/t25-,26+/m0/s1. The lowest BCUT2D eigenvalue weighted by Crippen LogP contribution is -2.29.